The molecule has 0 N–H and O–H groups in total. The van der Waals surface area contributed by atoms with Crippen LogP contribution in [0.3, 0.4) is 0 Å². The summed E-state index contributed by atoms with van der Waals surface area (Å²) in [5.74, 6) is 0.951. The lowest BCUT2D eigenvalue weighted by Gasteiger charge is -2.05. The van der Waals surface area contributed by atoms with Crippen LogP contribution < -0.4 is 0 Å². The molecule has 0 bridgehead atoms. The molecule has 0 spiro atoms. The van der Waals surface area contributed by atoms with Gasteiger partial charge in [-0.3, -0.25) is 0 Å². The molecule has 0 heterocycles. The molecule has 0 saturated heterocycles. The van der Waals surface area contributed by atoms with Crippen molar-refractivity contribution in [3.63, 3.8) is 0 Å². The van der Waals surface area contributed by atoms with E-state index in [1.807, 2.05) is 6.92 Å². The highest BCUT2D eigenvalue weighted by Gasteiger charge is 2.00. The molecule has 0 radical (unpaired) electrons. The fraction of sp³-hybridized carbons (Fsp3) is 0.700. The Hall–Kier alpha value is -0.590. The molecule has 1 unspecified atom stereocenters. The molecule has 0 rings (SSSR count). The van der Waals surface area contributed by atoms with Gasteiger partial charge in [-0.25, -0.2) is 0 Å². The summed E-state index contributed by atoms with van der Waals surface area (Å²) >= 11 is 0. The molecule has 1 nitrogen and oxygen atoms in total. The fourth-order valence-corrected chi connectivity index (χ4v) is 0.936. The van der Waals surface area contributed by atoms with Crippen molar-refractivity contribution in [2.45, 2.75) is 40.0 Å². The average Bonchev–Trinajstić information content (AvgIpc) is 1.97. The largest absolute Gasteiger partial charge is 0.300 e. The summed E-state index contributed by atoms with van der Waals surface area (Å²) in [4.78, 5) is 10.6. The number of hydrogen-bond acceptors (Lipinski definition) is 1. The fourth-order valence-electron chi connectivity index (χ4n) is 0.936. The van der Waals surface area contributed by atoms with E-state index in [9.17, 15) is 4.79 Å². The van der Waals surface area contributed by atoms with Gasteiger partial charge in [-0.15, -0.1) is 0 Å². The first kappa shape index (κ1) is 10.4. The van der Waals surface area contributed by atoms with Crippen molar-refractivity contribution in [1.29, 1.82) is 0 Å². The zero-order valence-electron chi connectivity index (χ0n) is 7.76. The summed E-state index contributed by atoms with van der Waals surface area (Å²) in [6.45, 7) is 5.86. The predicted molar refractivity (Wildman–Crippen MR) is 48.5 cm³/mol. The molecule has 0 aromatic rings. The van der Waals surface area contributed by atoms with Crippen molar-refractivity contribution >= 4 is 5.78 Å². The zero-order valence-corrected chi connectivity index (χ0v) is 7.76. The number of carbonyl (C=O) groups excluding carboxylic acids is 1. The smallest absolute Gasteiger partial charge is 0.129 e. The standard InChI is InChI=1S/C10H18O/c1-4-5-6-9(2)7-8-10(3)11/h4-5,9H,6-8H2,1-3H3. The highest BCUT2D eigenvalue weighted by molar-refractivity contribution is 5.75. The molecule has 0 saturated carbocycles. The van der Waals surface area contributed by atoms with Gasteiger partial charge < -0.3 is 4.79 Å². The van der Waals surface area contributed by atoms with E-state index in [1.165, 1.54) is 0 Å². The third kappa shape index (κ3) is 7.31. The maximum Gasteiger partial charge on any atom is 0.129 e. The molecule has 0 aliphatic rings. The summed E-state index contributed by atoms with van der Waals surface area (Å²) < 4.78 is 0. The van der Waals surface area contributed by atoms with E-state index in [-0.39, 0.29) is 0 Å². The van der Waals surface area contributed by atoms with Crippen LogP contribution in [0.2, 0.25) is 0 Å². The van der Waals surface area contributed by atoms with E-state index in [2.05, 4.69) is 19.1 Å². The molecule has 0 aliphatic carbocycles. The van der Waals surface area contributed by atoms with Crippen LogP contribution in [0.5, 0.6) is 0 Å². The van der Waals surface area contributed by atoms with Crippen LogP contribution >= 0.6 is 0 Å². The molecule has 0 amide bonds. The van der Waals surface area contributed by atoms with Crippen LogP contribution in [0.4, 0.5) is 0 Å². The van der Waals surface area contributed by atoms with Gasteiger partial charge >= 0.3 is 0 Å². The minimum atomic E-state index is 0.303. The second-order valence-electron chi connectivity index (χ2n) is 3.15. The number of hydrogen-bond donors (Lipinski definition) is 0. The first-order valence-electron chi connectivity index (χ1n) is 4.27. The molecule has 0 fully saturated rings. The predicted octanol–water partition coefficient (Wildman–Crippen LogP) is 2.96. The Kier molecular flexibility index (Phi) is 5.81. The van der Waals surface area contributed by atoms with Crippen molar-refractivity contribution in [2.75, 3.05) is 0 Å². The highest BCUT2D eigenvalue weighted by Crippen LogP contribution is 2.10. The maximum absolute atomic E-state index is 10.6. The van der Waals surface area contributed by atoms with Crippen molar-refractivity contribution in [2.24, 2.45) is 5.92 Å². The Bertz CT molecular complexity index is 136. The van der Waals surface area contributed by atoms with Gasteiger partial charge in [0.2, 0.25) is 0 Å². The van der Waals surface area contributed by atoms with Crippen LogP contribution in [0.15, 0.2) is 12.2 Å². The van der Waals surface area contributed by atoms with Crippen molar-refractivity contribution in [3.05, 3.63) is 12.2 Å². The van der Waals surface area contributed by atoms with Crippen LogP contribution in [-0.2, 0) is 4.79 Å². The second kappa shape index (κ2) is 6.14. The number of carbonyl (C=O) groups is 1. The summed E-state index contributed by atoms with van der Waals surface area (Å²) in [6.07, 6.45) is 7.08. The molecule has 1 heteroatoms. The lowest BCUT2D eigenvalue weighted by Crippen LogP contribution is -1.97. The van der Waals surface area contributed by atoms with Crippen molar-refractivity contribution in [3.8, 4) is 0 Å². The SMILES string of the molecule is CC=CCC(C)CCC(C)=O. The van der Waals surface area contributed by atoms with Gasteiger partial charge in [0.25, 0.3) is 0 Å². The highest BCUT2D eigenvalue weighted by atomic mass is 16.1. The first-order valence-corrected chi connectivity index (χ1v) is 4.27. The van der Waals surface area contributed by atoms with E-state index in [1.54, 1.807) is 6.92 Å². The lowest BCUT2D eigenvalue weighted by atomic mass is 10.0. The van der Waals surface area contributed by atoms with E-state index >= 15 is 0 Å². The number of ketones is 1. The molecule has 11 heavy (non-hydrogen) atoms. The molecular weight excluding hydrogens is 136 g/mol. The van der Waals surface area contributed by atoms with Crippen LogP contribution in [0.25, 0.3) is 0 Å². The van der Waals surface area contributed by atoms with Crippen LogP contribution in [0, 0.1) is 5.92 Å². The number of rotatable bonds is 5. The van der Waals surface area contributed by atoms with Gasteiger partial charge in [-0.1, -0.05) is 19.1 Å². The zero-order chi connectivity index (χ0) is 8.69. The molecule has 64 valence electrons. The van der Waals surface area contributed by atoms with Gasteiger partial charge in [-0.2, -0.15) is 0 Å². The van der Waals surface area contributed by atoms with Gasteiger partial charge in [-0.05, 0) is 32.6 Å². The maximum atomic E-state index is 10.6. The second-order valence-corrected chi connectivity index (χ2v) is 3.15. The summed E-state index contributed by atoms with van der Waals surface area (Å²) in [7, 11) is 0. The average molecular weight is 154 g/mol. The number of Topliss-reactive ketones (excluding diaryl/α,β-unsaturated/α-hetero) is 1. The van der Waals surface area contributed by atoms with E-state index in [0.717, 1.165) is 19.3 Å². The molecular formula is C10H18O. The third-order valence-corrected chi connectivity index (χ3v) is 1.76. The first-order chi connectivity index (χ1) is 5.16. The Morgan fingerprint density at radius 3 is 2.64 bits per heavy atom. The van der Waals surface area contributed by atoms with E-state index < -0.39 is 0 Å². The minimum Gasteiger partial charge on any atom is -0.300 e. The quantitative estimate of drug-likeness (QED) is 0.556. The van der Waals surface area contributed by atoms with Gasteiger partial charge in [0.15, 0.2) is 0 Å². The van der Waals surface area contributed by atoms with Crippen LogP contribution in [-0.4, -0.2) is 5.78 Å². The van der Waals surface area contributed by atoms with Gasteiger partial charge in [0, 0.05) is 6.42 Å². The van der Waals surface area contributed by atoms with Gasteiger partial charge in [0.05, 0.1) is 0 Å². The monoisotopic (exact) mass is 154 g/mol. The van der Waals surface area contributed by atoms with Crippen molar-refractivity contribution in [1.82, 2.24) is 0 Å². The Morgan fingerprint density at radius 2 is 2.18 bits per heavy atom. The number of allylic oxidation sites excluding steroid dienone is 2. The van der Waals surface area contributed by atoms with Gasteiger partial charge in [0.1, 0.15) is 5.78 Å². The molecule has 0 aromatic heterocycles. The third-order valence-electron chi connectivity index (χ3n) is 1.76. The topological polar surface area (TPSA) is 17.1 Å². The Labute approximate surface area is 69.5 Å². The summed E-state index contributed by atoms with van der Waals surface area (Å²) in [5.41, 5.74) is 0. The van der Waals surface area contributed by atoms with E-state index in [4.69, 9.17) is 0 Å². The van der Waals surface area contributed by atoms with Crippen molar-refractivity contribution < 1.29 is 4.79 Å². The molecule has 0 aromatic carbocycles. The summed E-state index contributed by atoms with van der Waals surface area (Å²) in [6, 6.07) is 0. The van der Waals surface area contributed by atoms with E-state index in [0.29, 0.717) is 11.7 Å². The molecule has 1 atom stereocenters. The lowest BCUT2D eigenvalue weighted by molar-refractivity contribution is -0.117. The molecule has 0 aliphatic heterocycles. The summed E-state index contributed by atoms with van der Waals surface area (Å²) in [5, 5.41) is 0. The Balaban J connectivity index is 3.36. The Morgan fingerprint density at radius 1 is 1.55 bits per heavy atom. The van der Waals surface area contributed by atoms with Crippen LogP contribution in [0.1, 0.15) is 40.0 Å². The minimum absolute atomic E-state index is 0.303. The normalized spacial score (nSPS) is 13.7.